The van der Waals surface area contributed by atoms with E-state index in [1.165, 1.54) is 12.1 Å². The fraction of sp³-hybridized carbons (Fsp3) is 0.125. The maximum atomic E-state index is 13.1. The second-order valence-electron chi connectivity index (χ2n) is 5.02. The van der Waals surface area contributed by atoms with Gasteiger partial charge in [0, 0.05) is 6.54 Å². The maximum Gasteiger partial charge on any atom is 0.332 e. The van der Waals surface area contributed by atoms with Gasteiger partial charge < -0.3 is 15.4 Å². The number of nitro groups is 1. The molecule has 2 aromatic rings. The van der Waals surface area contributed by atoms with Crippen LogP contribution in [0.15, 0.2) is 48.4 Å². The Labute approximate surface area is 140 Å². The van der Waals surface area contributed by atoms with Gasteiger partial charge in [0.2, 0.25) is 0 Å². The molecule has 0 spiro atoms. The van der Waals surface area contributed by atoms with Crippen molar-refractivity contribution >= 4 is 0 Å². The predicted molar refractivity (Wildman–Crippen MR) is 81.5 cm³/mol. The summed E-state index contributed by atoms with van der Waals surface area (Å²) in [4.78, 5) is 10.3. The molecule has 2 rings (SSSR count). The van der Waals surface area contributed by atoms with E-state index in [4.69, 9.17) is 0 Å². The van der Waals surface area contributed by atoms with Crippen molar-refractivity contribution in [3.63, 3.8) is 0 Å². The van der Waals surface area contributed by atoms with Gasteiger partial charge in [-0.3, -0.25) is 5.32 Å². The van der Waals surface area contributed by atoms with Gasteiger partial charge in [-0.1, -0.05) is 12.1 Å². The van der Waals surface area contributed by atoms with Crippen molar-refractivity contribution in [3.8, 4) is 0 Å². The highest BCUT2D eigenvalue weighted by atomic mass is 19.2. The molecule has 2 aromatic carbocycles. The van der Waals surface area contributed by atoms with Crippen LogP contribution in [0.25, 0.3) is 0 Å². The summed E-state index contributed by atoms with van der Waals surface area (Å²) < 4.78 is 51.8. The summed E-state index contributed by atoms with van der Waals surface area (Å²) in [6.45, 7) is -0.0712. The molecule has 0 aliphatic carbocycles. The van der Waals surface area contributed by atoms with E-state index in [0.717, 1.165) is 30.5 Å². The third kappa shape index (κ3) is 5.20. The Morgan fingerprint density at radius 2 is 1.44 bits per heavy atom. The molecule has 0 radical (unpaired) electrons. The van der Waals surface area contributed by atoms with Crippen LogP contribution < -0.4 is 10.6 Å². The van der Waals surface area contributed by atoms with Crippen molar-refractivity contribution in [2.75, 3.05) is 0 Å². The molecule has 0 amide bonds. The normalized spacial score (nSPS) is 11.3. The topological polar surface area (TPSA) is 67.2 Å². The molecule has 0 unspecified atom stereocenters. The summed E-state index contributed by atoms with van der Waals surface area (Å²) in [5.41, 5.74) is 0.700. The zero-order valence-electron chi connectivity index (χ0n) is 12.7. The van der Waals surface area contributed by atoms with Crippen LogP contribution >= 0.6 is 0 Å². The van der Waals surface area contributed by atoms with Crippen molar-refractivity contribution in [2.45, 2.75) is 13.1 Å². The molecule has 0 fully saturated rings. The van der Waals surface area contributed by atoms with Crippen LogP contribution in [0, 0.1) is 33.4 Å². The molecule has 5 nitrogen and oxygen atoms in total. The molecule has 0 atom stereocenters. The quantitative estimate of drug-likeness (QED) is 0.455. The molecule has 25 heavy (non-hydrogen) atoms. The van der Waals surface area contributed by atoms with E-state index in [9.17, 15) is 27.7 Å². The van der Waals surface area contributed by atoms with E-state index in [-0.39, 0.29) is 13.1 Å². The van der Waals surface area contributed by atoms with Gasteiger partial charge in [0.15, 0.2) is 23.3 Å². The molecule has 0 aromatic heterocycles. The minimum atomic E-state index is -1.05. The summed E-state index contributed by atoms with van der Waals surface area (Å²) in [6.07, 6.45) is 1.04. The molecular weight excluding hydrogens is 342 g/mol. The molecular formula is C16H13F4N3O2. The van der Waals surface area contributed by atoms with Gasteiger partial charge in [0.25, 0.3) is 0 Å². The first kappa shape index (κ1) is 18.2. The standard InChI is InChI=1S/C16H13F4N3O2/c17-12-3-1-10(5-14(12)19)7-21-9-16(23(24)25)22-8-11-2-4-13(18)15(20)6-11/h1-6,9,21-22H,7-8H2. The van der Waals surface area contributed by atoms with E-state index < -0.39 is 34.0 Å². The van der Waals surface area contributed by atoms with Crippen molar-refractivity contribution in [3.05, 3.63) is 92.9 Å². The van der Waals surface area contributed by atoms with Gasteiger partial charge in [-0.2, -0.15) is 0 Å². The third-order valence-electron chi connectivity index (χ3n) is 3.18. The molecule has 9 heteroatoms. The smallest absolute Gasteiger partial charge is 0.332 e. The van der Waals surface area contributed by atoms with Crippen LogP contribution in [-0.4, -0.2) is 4.92 Å². The minimum absolute atomic E-state index is 0.0292. The second-order valence-corrected chi connectivity index (χ2v) is 5.02. The lowest BCUT2D eigenvalue weighted by atomic mass is 10.2. The van der Waals surface area contributed by atoms with Gasteiger partial charge in [0.05, 0.1) is 6.20 Å². The summed E-state index contributed by atoms with van der Waals surface area (Å²) >= 11 is 0. The highest BCUT2D eigenvalue weighted by Crippen LogP contribution is 2.10. The summed E-state index contributed by atoms with van der Waals surface area (Å²) in [5.74, 6) is -4.50. The lowest BCUT2D eigenvalue weighted by Crippen LogP contribution is -2.22. The van der Waals surface area contributed by atoms with Gasteiger partial charge >= 0.3 is 5.82 Å². The van der Waals surface area contributed by atoms with Gasteiger partial charge in [-0.15, -0.1) is 0 Å². The van der Waals surface area contributed by atoms with Crippen molar-refractivity contribution in [2.24, 2.45) is 0 Å². The van der Waals surface area contributed by atoms with Gasteiger partial charge in [-0.25, -0.2) is 17.6 Å². The lowest BCUT2D eigenvalue weighted by molar-refractivity contribution is -0.432. The Kier molecular flexibility index (Phi) is 5.93. The van der Waals surface area contributed by atoms with E-state index >= 15 is 0 Å². The fourth-order valence-corrected chi connectivity index (χ4v) is 1.93. The second kappa shape index (κ2) is 8.13. The zero-order chi connectivity index (χ0) is 18.4. The lowest BCUT2D eigenvalue weighted by Gasteiger charge is -2.06. The highest BCUT2D eigenvalue weighted by Gasteiger charge is 2.10. The van der Waals surface area contributed by atoms with Crippen molar-refractivity contribution in [1.82, 2.24) is 10.6 Å². The minimum Gasteiger partial charge on any atom is -0.380 e. The van der Waals surface area contributed by atoms with Crippen molar-refractivity contribution in [1.29, 1.82) is 0 Å². The first-order valence-corrected chi connectivity index (χ1v) is 7.06. The number of rotatable bonds is 7. The van der Waals surface area contributed by atoms with Crippen LogP contribution in [0.3, 0.4) is 0 Å². The van der Waals surface area contributed by atoms with Crippen LogP contribution in [0.5, 0.6) is 0 Å². The van der Waals surface area contributed by atoms with E-state index in [1.807, 2.05) is 0 Å². The number of nitrogens with zero attached hydrogens (tertiary/aromatic N) is 1. The Hall–Kier alpha value is -3.10. The molecule has 0 bridgehead atoms. The largest absolute Gasteiger partial charge is 0.380 e. The SMILES string of the molecule is O=[N+]([O-])C(=CNCc1ccc(F)c(F)c1)NCc1ccc(F)c(F)c1. The Morgan fingerprint density at radius 3 is 1.92 bits per heavy atom. The molecule has 0 saturated heterocycles. The fourth-order valence-electron chi connectivity index (χ4n) is 1.93. The first-order chi connectivity index (χ1) is 11.9. The molecule has 0 heterocycles. The van der Waals surface area contributed by atoms with Crippen LogP contribution in [0.1, 0.15) is 11.1 Å². The number of halogens is 4. The molecule has 132 valence electrons. The monoisotopic (exact) mass is 355 g/mol. The van der Waals surface area contributed by atoms with E-state index in [2.05, 4.69) is 10.6 Å². The zero-order valence-corrected chi connectivity index (χ0v) is 12.7. The summed E-state index contributed by atoms with van der Waals surface area (Å²) in [6, 6.07) is 6.39. The summed E-state index contributed by atoms with van der Waals surface area (Å²) in [5, 5.41) is 16.0. The third-order valence-corrected chi connectivity index (χ3v) is 3.18. The predicted octanol–water partition coefficient (Wildman–Crippen LogP) is 3.20. The maximum absolute atomic E-state index is 13.1. The van der Waals surface area contributed by atoms with E-state index in [1.54, 1.807) is 0 Å². The summed E-state index contributed by atoms with van der Waals surface area (Å²) in [7, 11) is 0. The molecule has 0 aliphatic rings. The molecule has 0 aliphatic heterocycles. The Bertz CT molecular complexity index is 812. The van der Waals surface area contributed by atoms with Crippen LogP contribution in [0.2, 0.25) is 0 Å². The molecule has 0 saturated carbocycles. The van der Waals surface area contributed by atoms with Gasteiger partial charge in [0.1, 0.15) is 6.54 Å². The number of benzene rings is 2. The van der Waals surface area contributed by atoms with Gasteiger partial charge in [-0.05, 0) is 40.3 Å². The average molecular weight is 355 g/mol. The Morgan fingerprint density at radius 1 is 0.920 bits per heavy atom. The van der Waals surface area contributed by atoms with E-state index in [0.29, 0.717) is 11.1 Å². The van der Waals surface area contributed by atoms with Crippen LogP contribution in [0.4, 0.5) is 17.6 Å². The average Bonchev–Trinajstić information content (AvgIpc) is 2.56. The highest BCUT2D eigenvalue weighted by molar-refractivity contribution is 5.19. The molecule has 2 N–H and O–H groups in total. The number of hydrogen-bond acceptors (Lipinski definition) is 4. The number of nitrogens with one attached hydrogen (secondary N) is 2. The van der Waals surface area contributed by atoms with Crippen molar-refractivity contribution < 1.29 is 22.5 Å². The number of hydrogen-bond donors (Lipinski definition) is 2. The van der Waals surface area contributed by atoms with Crippen LogP contribution in [-0.2, 0) is 13.1 Å². The Balaban J connectivity index is 1.96. The first-order valence-electron chi connectivity index (χ1n) is 7.06.